The minimum atomic E-state index is -4.27. The summed E-state index contributed by atoms with van der Waals surface area (Å²) in [7, 11) is 1.09. The van der Waals surface area contributed by atoms with Crippen LogP contribution in [0.3, 0.4) is 0 Å². The van der Waals surface area contributed by atoms with Crippen molar-refractivity contribution in [2.75, 3.05) is 7.11 Å². The normalized spacial score (nSPS) is 13.9. The molecule has 1 atom stereocenters. The van der Waals surface area contributed by atoms with Crippen molar-refractivity contribution in [3.05, 3.63) is 35.9 Å². The highest BCUT2D eigenvalue weighted by Crippen LogP contribution is 2.25. The maximum Gasteiger partial charge on any atom is 0.414 e. The number of rotatable bonds is 4. The molecule has 15 heavy (non-hydrogen) atoms. The van der Waals surface area contributed by atoms with Gasteiger partial charge in [0.1, 0.15) is 0 Å². The number of ether oxygens (including phenoxy) is 1. The van der Waals surface area contributed by atoms with E-state index in [0.29, 0.717) is 6.42 Å². The zero-order valence-corrected chi connectivity index (χ0v) is 8.42. The third kappa shape index (κ3) is 3.91. The maximum absolute atomic E-state index is 12.3. The van der Waals surface area contributed by atoms with Crippen LogP contribution in [0.15, 0.2) is 30.3 Å². The summed E-state index contributed by atoms with van der Waals surface area (Å²) in [4.78, 5) is 0. The fraction of sp³-hybridized carbons (Fsp3) is 0.455. The van der Waals surface area contributed by atoms with Gasteiger partial charge in [-0.25, -0.2) is 0 Å². The lowest BCUT2D eigenvalue weighted by molar-refractivity contribution is -0.214. The highest BCUT2D eigenvalue weighted by Gasteiger charge is 2.39. The van der Waals surface area contributed by atoms with Crippen molar-refractivity contribution >= 4 is 0 Å². The molecule has 84 valence electrons. The van der Waals surface area contributed by atoms with Crippen LogP contribution >= 0.6 is 0 Å². The Kier molecular flexibility index (Phi) is 4.15. The van der Waals surface area contributed by atoms with Crippen LogP contribution in [0.4, 0.5) is 13.2 Å². The molecule has 0 N–H and O–H groups in total. The predicted octanol–water partition coefficient (Wildman–Crippen LogP) is 3.20. The van der Waals surface area contributed by atoms with Crippen molar-refractivity contribution < 1.29 is 17.9 Å². The van der Waals surface area contributed by atoms with E-state index in [-0.39, 0.29) is 6.42 Å². The summed E-state index contributed by atoms with van der Waals surface area (Å²) in [6.07, 6.45) is -5.61. The molecule has 0 aliphatic carbocycles. The van der Waals surface area contributed by atoms with E-state index in [4.69, 9.17) is 0 Å². The number of hydrogen-bond acceptors (Lipinski definition) is 1. The van der Waals surface area contributed by atoms with Crippen molar-refractivity contribution in [2.24, 2.45) is 0 Å². The van der Waals surface area contributed by atoms with Crippen LogP contribution < -0.4 is 0 Å². The average molecular weight is 218 g/mol. The van der Waals surface area contributed by atoms with Crippen molar-refractivity contribution in [3.8, 4) is 0 Å². The third-order valence-corrected chi connectivity index (χ3v) is 2.19. The van der Waals surface area contributed by atoms with Crippen LogP contribution in [0.5, 0.6) is 0 Å². The van der Waals surface area contributed by atoms with Gasteiger partial charge in [0.05, 0.1) is 0 Å². The Balaban J connectivity index is 2.49. The van der Waals surface area contributed by atoms with Crippen LogP contribution in [-0.2, 0) is 11.2 Å². The monoisotopic (exact) mass is 218 g/mol. The molecule has 0 bridgehead atoms. The van der Waals surface area contributed by atoms with Crippen LogP contribution in [-0.4, -0.2) is 19.4 Å². The van der Waals surface area contributed by atoms with E-state index in [1.165, 1.54) is 0 Å². The quantitative estimate of drug-likeness (QED) is 0.754. The first kappa shape index (κ1) is 12.0. The van der Waals surface area contributed by atoms with Gasteiger partial charge in [0.25, 0.3) is 0 Å². The van der Waals surface area contributed by atoms with E-state index in [0.717, 1.165) is 12.7 Å². The zero-order valence-electron chi connectivity index (χ0n) is 8.42. The van der Waals surface area contributed by atoms with Gasteiger partial charge < -0.3 is 4.74 Å². The summed E-state index contributed by atoms with van der Waals surface area (Å²) < 4.78 is 41.3. The number of methoxy groups -OCH3 is 1. The first-order valence-electron chi connectivity index (χ1n) is 4.67. The second-order valence-corrected chi connectivity index (χ2v) is 3.29. The first-order chi connectivity index (χ1) is 7.04. The standard InChI is InChI=1S/C11H13F3O/c1-15-10(11(12,13)14)8-7-9-5-3-2-4-6-9/h2-6,10H,7-8H2,1H3. The van der Waals surface area contributed by atoms with Gasteiger partial charge in [-0.1, -0.05) is 30.3 Å². The topological polar surface area (TPSA) is 9.23 Å². The number of benzene rings is 1. The molecular formula is C11H13F3O. The summed E-state index contributed by atoms with van der Waals surface area (Å²) in [5, 5.41) is 0. The Morgan fingerprint density at radius 3 is 2.27 bits per heavy atom. The van der Waals surface area contributed by atoms with Crippen molar-refractivity contribution in [1.29, 1.82) is 0 Å². The molecule has 0 saturated heterocycles. The minimum absolute atomic E-state index is 0.0377. The van der Waals surface area contributed by atoms with Crippen molar-refractivity contribution in [2.45, 2.75) is 25.1 Å². The Hall–Kier alpha value is -1.03. The molecule has 1 aromatic carbocycles. The molecule has 0 fully saturated rings. The fourth-order valence-corrected chi connectivity index (χ4v) is 1.36. The Morgan fingerprint density at radius 2 is 1.80 bits per heavy atom. The van der Waals surface area contributed by atoms with Gasteiger partial charge in [-0.3, -0.25) is 0 Å². The van der Waals surface area contributed by atoms with E-state index in [9.17, 15) is 13.2 Å². The van der Waals surface area contributed by atoms with Crippen molar-refractivity contribution in [1.82, 2.24) is 0 Å². The van der Waals surface area contributed by atoms with Crippen LogP contribution in [0.1, 0.15) is 12.0 Å². The minimum Gasteiger partial charge on any atom is -0.372 e. The van der Waals surface area contributed by atoms with Gasteiger partial charge in [0.15, 0.2) is 6.10 Å². The van der Waals surface area contributed by atoms with Gasteiger partial charge in [0.2, 0.25) is 0 Å². The molecule has 0 aromatic heterocycles. The van der Waals surface area contributed by atoms with Gasteiger partial charge in [-0.05, 0) is 18.4 Å². The van der Waals surface area contributed by atoms with E-state index in [2.05, 4.69) is 4.74 Å². The number of aryl methyl sites for hydroxylation is 1. The molecule has 1 aromatic rings. The van der Waals surface area contributed by atoms with Crippen LogP contribution in [0.2, 0.25) is 0 Å². The second kappa shape index (κ2) is 5.16. The Labute approximate surface area is 86.9 Å². The largest absolute Gasteiger partial charge is 0.414 e. The molecule has 0 aliphatic heterocycles. The Morgan fingerprint density at radius 1 is 1.20 bits per heavy atom. The van der Waals surface area contributed by atoms with E-state index >= 15 is 0 Å². The van der Waals surface area contributed by atoms with E-state index in [1.807, 2.05) is 30.3 Å². The lowest BCUT2D eigenvalue weighted by Gasteiger charge is -2.18. The molecule has 1 unspecified atom stereocenters. The molecule has 0 aliphatic rings. The fourth-order valence-electron chi connectivity index (χ4n) is 1.36. The van der Waals surface area contributed by atoms with E-state index < -0.39 is 12.3 Å². The first-order valence-corrected chi connectivity index (χ1v) is 4.67. The highest BCUT2D eigenvalue weighted by atomic mass is 19.4. The molecule has 1 nitrogen and oxygen atoms in total. The maximum atomic E-state index is 12.3. The Bertz CT molecular complexity index is 282. The molecular weight excluding hydrogens is 205 g/mol. The van der Waals surface area contributed by atoms with Crippen molar-refractivity contribution in [3.63, 3.8) is 0 Å². The third-order valence-electron chi connectivity index (χ3n) is 2.19. The van der Waals surface area contributed by atoms with E-state index in [1.54, 1.807) is 0 Å². The molecule has 0 saturated carbocycles. The van der Waals surface area contributed by atoms with Gasteiger partial charge in [-0.2, -0.15) is 13.2 Å². The van der Waals surface area contributed by atoms with Crippen LogP contribution in [0, 0.1) is 0 Å². The SMILES string of the molecule is COC(CCc1ccccc1)C(F)(F)F. The molecule has 0 spiro atoms. The summed E-state index contributed by atoms with van der Waals surface area (Å²) in [5.41, 5.74) is 0.892. The lowest BCUT2D eigenvalue weighted by Crippen LogP contribution is -2.31. The molecule has 0 heterocycles. The lowest BCUT2D eigenvalue weighted by atomic mass is 10.1. The molecule has 1 rings (SSSR count). The summed E-state index contributed by atoms with van der Waals surface area (Å²) in [6, 6.07) is 9.07. The molecule has 0 radical (unpaired) electrons. The van der Waals surface area contributed by atoms with Gasteiger partial charge in [0, 0.05) is 7.11 Å². The number of halogens is 3. The highest BCUT2D eigenvalue weighted by molar-refractivity contribution is 5.14. The number of hydrogen-bond donors (Lipinski definition) is 0. The number of alkyl halides is 3. The molecule has 0 amide bonds. The second-order valence-electron chi connectivity index (χ2n) is 3.29. The van der Waals surface area contributed by atoms with Gasteiger partial charge >= 0.3 is 6.18 Å². The smallest absolute Gasteiger partial charge is 0.372 e. The molecule has 4 heteroatoms. The average Bonchev–Trinajstić information content (AvgIpc) is 2.18. The summed E-state index contributed by atoms with van der Waals surface area (Å²) in [5.74, 6) is 0. The zero-order chi connectivity index (χ0) is 11.3. The summed E-state index contributed by atoms with van der Waals surface area (Å²) >= 11 is 0. The van der Waals surface area contributed by atoms with Gasteiger partial charge in [-0.15, -0.1) is 0 Å². The summed E-state index contributed by atoms with van der Waals surface area (Å²) in [6.45, 7) is 0. The van der Waals surface area contributed by atoms with Crippen LogP contribution in [0.25, 0.3) is 0 Å². The predicted molar refractivity (Wildman–Crippen MR) is 51.6 cm³/mol.